The molecule has 3 aromatic rings. The number of benzene rings is 3. The molecular weight excluding hydrogens is 469 g/mol. The maximum Gasteiger partial charge on any atom is 0.332 e. The molecule has 0 aliphatic heterocycles. The second-order valence-corrected chi connectivity index (χ2v) is 9.19. The van der Waals surface area contributed by atoms with Gasteiger partial charge in [0.2, 0.25) is 5.78 Å². The third-order valence-electron chi connectivity index (χ3n) is 6.45. The van der Waals surface area contributed by atoms with Crippen molar-refractivity contribution in [2.45, 2.75) is 32.1 Å². The van der Waals surface area contributed by atoms with Crippen LogP contribution in [0.1, 0.15) is 52.4 Å². The van der Waals surface area contributed by atoms with Crippen LogP contribution in [-0.2, 0) is 15.0 Å². The van der Waals surface area contributed by atoms with Gasteiger partial charge in [-0.15, -0.1) is 23.2 Å². The van der Waals surface area contributed by atoms with Crippen molar-refractivity contribution in [3.8, 4) is 11.1 Å². The Morgan fingerprint density at radius 2 is 1.53 bits per heavy atom. The number of oxime groups is 1. The number of nitrogens with zero attached hydrogens (tertiary/aromatic N) is 1. The highest BCUT2D eigenvalue weighted by molar-refractivity contribution is 6.51. The molecule has 0 saturated carbocycles. The Balaban J connectivity index is 1.87. The van der Waals surface area contributed by atoms with E-state index in [0.717, 1.165) is 22.3 Å². The van der Waals surface area contributed by atoms with Crippen LogP contribution >= 0.6 is 23.2 Å². The summed E-state index contributed by atoms with van der Waals surface area (Å²) in [5.41, 5.74) is 6.09. The van der Waals surface area contributed by atoms with Crippen molar-refractivity contribution >= 4 is 40.7 Å². The van der Waals surface area contributed by atoms with E-state index >= 15 is 0 Å². The summed E-state index contributed by atoms with van der Waals surface area (Å²) in [6, 6.07) is 21.4. The Labute approximate surface area is 209 Å². The number of hydrogen-bond acceptors (Lipinski definition) is 4. The van der Waals surface area contributed by atoms with Gasteiger partial charge >= 0.3 is 5.97 Å². The average Bonchev–Trinajstić information content (AvgIpc) is 3.10. The van der Waals surface area contributed by atoms with Crippen LogP contribution in [-0.4, -0.2) is 29.2 Å². The van der Waals surface area contributed by atoms with Gasteiger partial charge in [-0.3, -0.25) is 4.79 Å². The number of Topliss-reactive ketones (excluding diaryl/α,β-unsaturated/α-hetero) is 1. The number of carbonyl (C=O) groups excluding carboxylic acids is 2. The second kappa shape index (κ2) is 10.1. The number of alkyl halides is 2. The number of rotatable bonds is 8. The average molecular weight is 494 g/mol. The molecule has 1 aliphatic rings. The molecule has 0 unspecified atom stereocenters. The van der Waals surface area contributed by atoms with Crippen LogP contribution in [0, 0.1) is 6.92 Å². The fraction of sp³-hybridized carbons (Fsp3) is 0.250. The lowest BCUT2D eigenvalue weighted by Crippen LogP contribution is -2.27. The zero-order chi connectivity index (χ0) is 24.3. The standard InChI is InChI=1S/C28H25Cl2NO3/c1-18-7-3-4-8-21(18)26(31-34-19(2)32)27(33)20-11-12-23-22-9-5-6-10-24(22)28(13-15-29,14-16-30)25(23)17-20/h3-12,17H,13-16H2,1-2H3/b31-26+. The zero-order valence-corrected chi connectivity index (χ0v) is 20.6. The van der Waals surface area contributed by atoms with Crippen LogP contribution in [0.5, 0.6) is 0 Å². The van der Waals surface area contributed by atoms with E-state index in [1.165, 1.54) is 12.5 Å². The summed E-state index contributed by atoms with van der Waals surface area (Å²) in [7, 11) is 0. The quantitative estimate of drug-likeness (QED) is 0.116. The van der Waals surface area contributed by atoms with Gasteiger partial charge in [0.15, 0.2) is 5.71 Å². The summed E-state index contributed by atoms with van der Waals surface area (Å²) in [4.78, 5) is 30.1. The molecule has 0 aromatic heterocycles. The molecule has 6 heteroatoms. The van der Waals surface area contributed by atoms with E-state index in [1.54, 1.807) is 12.1 Å². The highest BCUT2D eigenvalue weighted by atomic mass is 35.5. The van der Waals surface area contributed by atoms with E-state index in [2.05, 4.69) is 17.3 Å². The Kier molecular flexibility index (Phi) is 7.20. The molecule has 0 spiro atoms. The molecule has 0 atom stereocenters. The molecule has 0 amide bonds. The van der Waals surface area contributed by atoms with Gasteiger partial charge in [0.25, 0.3) is 0 Å². The van der Waals surface area contributed by atoms with E-state index in [0.29, 0.717) is 35.7 Å². The lowest BCUT2D eigenvalue weighted by Gasteiger charge is -2.31. The van der Waals surface area contributed by atoms with Crippen LogP contribution in [0.15, 0.2) is 71.9 Å². The van der Waals surface area contributed by atoms with Gasteiger partial charge in [0.05, 0.1) is 0 Å². The lowest BCUT2D eigenvalue weighted by molar-refractivity contribution is -0.140. The lowest BCUT2D eigenvalue weighted by atomic mass is 9.73. The maximum atomic E-state index is 13.7. The molecule has 0 bridgehead atoms. The van der Waals surface area contributed by atoms with Crippen molar-refractivity contribution in [3.63, 3.8) is 0 Å². The Morgan fingerprint density at radius 1 is 0.882 bits per heavy atom. The summed E-state index contributed by atoms with van der Waals surface area (Å²) in [6.07, 6.45) is 1.41. The van der Waals surface area contributed by atoms with E-state index < -0.39 is 5.97 Å². The van der Waals surface area contributed by atoms with Crippen LogP contribution < -0.4 is 0 Å². The molecule has 0 N–H and O–H groups in total. The Hall–Kier alpha value is -2.95. The van der Waals surface area contributed by atoms with E-state index in [-0.39, 0.29) is 16.9 Å². The minimum Gasteiger partial charge on any atom is -0.318 e. The number of fused-ring (bicyclic) bond motifs is 3. The molecule has 174 valence electrons. The number of halogens is 2. The van der Waals surface area contributed by atoms with Gasteiger partial charge in [0, 0.05) is 35.2 Å². The highest BCUT2D eigenvalue weighted by Crippen LogP contribution is 2.53. The topological polar surface area (TPSA) is 55.7 Å². The van der Waals surface area contributed by atoms with E-state index in [9.17, 15) is 9.59 Å². The van der Waals surface area contributed by atoms with Crippen molar-refractivity contribution < 1.29 is 14.4 Å². The normalized spacial score (nSPS) is 13.8. The highest BCUT2D eigenvalue weighted by Gasteiger charge is 2.42. The van der Waals surface area contributed by atoms with E-state index in [4.69, 9.17) is 28.0 Å². The van der Waals surface area contributed by atoms with Gasteiger partial charge in [-0.2, -0.15) is 0 Å². The third kappa shape index (κ3) is 4.28. The van der Waals surface area contributed by atoms with Gasteiger partial charge < -0.3 is 4.84 Å². The van der Waals surface area contributed by atoms with Crippen molar-refractivity contribution in [2.24, 2.45) is 5.16 Å². The molecule has 4 rings (SSSR count). The van der Waals surface area contributed by atoms with Crippen molar-refractivity contribution in [1.82, 2.24) is 0 Å². The van der Waals surface area contributed by atoms with Crippen molar-refractivity contribution in [3.05, 3.63) is 94.5 Å². The fourth-order valence-electron chi connectivity index (χ4n) is 4.88. The number of aryl methyl sites for hydroxylation is 1. The third-order valence-corrected chi connectivity index (χ3v) is 6.83. The molecule has 3 aromatic carbocycles. The molecule has 1 aliphatic carbocycles. The maximum absolute atomic E-state index is 13.7. The largest absolute Gasteiger partial charge is 0.332 e. The van der Waals surface area contributed by atoms with Gasteiger partial charge in [-0.05, 0) is 53.6 Å². The number of ketones is 1. The molecule has 0 saturated heterocycles. The smallest absolute Gasteiger partial charge is 0.318 e. The first-order chi connectivity index (χ1) is 16.4. The molecule has 4 nitrogen and oxygen atoms in total. The summed E-state index contributed by atoms with van der Waals surface area (Å²) >= 11 is 12.6. The van der Waals surface area contributed by atoms with Gasteiger partial charge in [-0.1, -0.05) is 65.8 Å². The molecule has 0 fully saturated rings. The molecule has 0 radical (unpaired) electrons. The van der Waals surface area contributed by atoms with Crippen molar-refractivity contribution in [1.29, 1.82) is 0 Å². The van der Waals surface area contributed by atoms with Gasteiger partial charge in [0.1, 0.15) is 0 Å². The zero-order valence-electron chi connectivity index (χ0n) is 19.1. The Bertz CT molecular complexity index is 1280. The summed E-state index contributed by atoms with van der Waals surface area (Å²) in [6.45, 7) is 3.14. The molecule has 34 heavy (non-hydrogen) atoms. The van der Waals surface area contributed by atoms with E-state index in [1.807, 2.05) is 49.4 Å². The molecule has 0 heterocycles. The molecular formula is C28H25Cl2NO3. The first-order valence-electron chi connectivity index (χ1n) is 11.2. The Morgan fingerprint density at radius 3 is 2.21 bits per heavy atom. The van der Waals surface area contributed by atoms with Crippen molar-refractivity contribution in [2.75, 3.05) is 11.8 Å². The first-order valence-corrected chi connectivity index (χ1v) is 12.2. The SMILES string of the molecule is CC(=O)O/N=C(/C(=O)c1ccc2c(c1)C(CCCl)(CCCl)c1ccccc1-2)c1ccccc1C. The van der Waals surface area contributed by atoms with Crippen LogP contribution in [0.2, 0.25) is 0 Å². The van der Waals surface area contributed by atoms with Gasteiger partial charge in [-0.25, -0.2) is 4.79 Å². The van der Waals surface area contributed by atoms with Crippen LogP contribution in [0.4, 0.5) is 0 Å². The summed E-state index contributed by atoms with van der Waals surface area (Å²) in [5, 5.41) is 3.95. The second-order valence-electron chi connectivity index (χ2n) is 8.43. The predicted molar refractivity (Wildman–Crippen MR) is 137 cm³/mol. The minimum atomic E-state index is -0.591. The number of hydrogen-bond donors (Lipinski definition) is 0. The first kappa shape index (κ1) is 24.2. The van der Waals surface area contributed by atoms with Crippen LogP contribution in [0.3, 0.4) is 0 Å². The number of carbonyl (C=O) groups is 2. The van der Waals surface area contributed by atoms with Crippen LogP contribution in [0.25, 0.3) is 11.1 Å². The fourth-order valence-corrected chi connectivity index (χ4v) is 5.53. The predicted octanol–water partition coefficient (Wildman–Crippen LogP) is 6.67. The summed E-state index contributed by atoms with van der Waals surface area (Å²) in [5.74, 6) is 0.0163. The monoisotopic (exact) mass is 493 g/mol. The minimum absolute atomic E-state index is 0.0871. The summed E-state index contributed by atoms with van der Waals surface area (Å²) < 4.78 is 0.